The Balaban J connectivity index is 0.000000487. The largest absolute Gasteiger partial charge is 0.643 e. The normalized spacial score (nSPS) is 8.94. The third kappa shape index (κ3) is 5.54. The van der Waals surface area contributed by atoms with Gasteiger partial charge in [-0.25, -0.2) is 34.9 Å². The highest BCUT2D eigenvalue weighted by Gasteiger charge is 2.11. The first-order chi connectivity index (χ1) is 7.25. The highest BCUT2D eigenvalue weighted by molar-refractivity contribution is 7.54. The van der Waals surface area contributed by atoms with Crippen molar-refractivity contribution in [2.45, 2.75) is 0 Å². The van der Waals surface area contributed by atoms with Gasteiger partial charge in [-0.2, -0.15) is 0 Å². The lowest BCUT2D eigenvalue weighted by Gasteiger charge is -2.01. The second-order valence-corrected chi connectivity index (χ2v) is 8.85. The van der Waals surface area contributed by atoms with E-state index in [-0.39, 0.29) is 5.56 Å². The molecule has 0 unspecified atom stereocenters. The molecule has 88 valence electrons. The van der Waals surface area contributed by atoms with Crippen LogP contribution < -0.4 is 0 Å². The average molecular weight is 303 g/mol. The first-order valence-corrected chi connectivity index (χ1v) is 8.90. The molecule has 0 amide bonds. The van der Waals surface area contributed by atoms with Crippen LogP contribution in [0.5, 0.6) is 17.2 Å². The van der Waals surface area contributed by atoms with Crippen LogP contribution in [-0.4, -0.2) is 37.8 Å². The van der Waals surface area contributed by atoms with E-state index in [9.17, 15) is 4.79 Å². The van der Waals surface area contributed by atoms with Gasteiger partial charge >= 0.3 is 17.4 Å². The van der Waals surface area contributed by atoms with E-state index in [0.29, 0.717) is 0 Å². The van der Waals surface area contributed by atoms with Gasteiger partial charge in [0.25, 0.3) is 0 Å². The van der Waals surface area contributed by atoms with Gasteiger partial charge in [0, 0.05) is 0 Å². The second-order valence-electron chi connectivity index (χ2n) is 2.42. The standard InChI is InChI=1S/C7H6O5.Al.3ClH/c8-4-1-3(7(11)12)2-5(9)6(4)10;;;;/h1-2,8-10H,(H,11,12);;3*1H/q;+3;;;/p-3. The van der Waals surface area contributed by atoms with Gasteiger partial charge in [-0.3, -0.25) is 0 Å². The lowest BCUT2D eigenvalue weighted by molar-refractivity contribution is 0.0696. The Morgan fingerprint density at radius 3 is 1.62 bits per heavy atom. The molecule has 0 saturated heterocycles. The van der Waals surface area contributed by atoms with Crippen LogP contribution in [0, 0.1) is 0 Å². The first kappa shape index (κ1) is 15.5. The highest BCUT2D eigenvalue weighted by atomic mass is 35.8. The van der Waals surface area contributed by atoms with E-state index < -0.39 is 34.6 Å². The summed E-state index contributed by atoms with van der Waals surface area (Å²) in [4.78, 5) is 10.3. The summed E-state index contributed by atoms with van der Waals surface area (Å²) in [6.07, 6.45) is 0. The van der Waals surface area contributed by atoms with Crippen LogP contribution in [0.4, 0.5) is 0 Å². The molecule has 0 aromatic heterocycles. The molecule has 0 saturated carbocycles. The van der Waals surface area contributed by atoms with E-state index in [1.54, 1.807) is 0 Å². The number of carbonyl (C=O) groups is 1. The summed E-state index contributed by atoms with van der Waals surface area (Å²) >= 11 is -1.72. The molecule has 9 heteroatoms. The zero-order valence-electron chi connectivity index (χ0n) is 7.56. The Morgan fingerprint density at radius 1 is 1.06 bits per heavy atom. The predicted octanol–water partition coefficient (Wildman–Crippen LogP) is 2.19. The number of phenols is 3. The lowest BCUT2D eigenvalue weighted by Crippen LogP contribution is -1.95. The van der Waals surface area contributed by atoms with Gasteiger partial charge in [-0.1, -0.05) is 0 Å². The molecule has 0 heterocycles. The van der Waals surface area contributed by atoms with Gasteiger partial charge in [-0.15, -0.1) is 0 Å². The second kappa shape index (κ2) is 6.94. The summed E-state index contributed by atoms with van der Waals surface area (Å²) in [5.74, 6) is -3.33. The van der Waals surface area contributed by atoms with Crippen LogP contribution in [0.2, 0.25) is 0 Å². The molecule has 0 bridgehead atoms. The van der Waals surface area contributed by atoms with E-state index in [1.165, 1.54) is 0 Å². The SMILES string of the molecule is O=C(O)c1cc(O)c(O)c(O)c1.[Cl][Al]([Cl])[Cl]. The number of aromatic hydroxyl groups is 3. The minimum absolute atomic E-state index is 0.289. The maximum atomic E-state index is 10.3. The van der Waals surface area contributed by atoms with Crippen molar-refractivity contribution < 1.29 is 25.2 Å². The molecule has 0 radical (unpaired) electrons. The lowest BCUT2D eigenvalue weighted by atomic mass is 10.2. The molecule has 0 fully saturated rings. The molecular formula is C7H6AlCl3O5. The summed E-state index contributed by atoms with van der Waals surface area (Å²) in [5, 5.41) is 35.0. The van der Waals surface area contributed by atoms with Crippen molar-refractivity contribution >= 4 is 47.5 Å². The average Bonchev–Trinajstić information content (AvgIpc) is 2.12. The summed E-state index contributed by atoms with van der Waals surface area (Å²) < 4.78 is 0. The van der Waals surface area contributed by atoms with Crippen LogP contribution in [-0.2, 0) is 0 Å². The molecule has 1 aromatic rings. The van der Waals surface area contributed by atoms with Crippen molar-refractivity contribution in [2.75, 3.05) is 0 Å². The first-order valence-electron chi connectivity index (χ1n) is 3.66. The maximum Gasteiger partial charge on any atom is 0.643 e. The van der Waals surface area contributed by atoms with E-state index in [2.05, 4.69) is 0 Å². The number of carboxylic acid groups (broad SMARTS) is 1. The summed E-state index contributed by atoms with van der Waals surface area (Å²) in [6, 6.07) is 1.69. The van der Waals surface area contributed by atoms with Crippen molar-refractivity contribution in [1.82, 2.24) is 0 Å². The molecular weight excluding hydrogens is 297 g/mol. The fourth-order valence-electron chi connectivity index (χ4n) is 0.728. The molecule has 0 spiro atoms. The molecule has 1 aromatic carbocycles. The third-order valence-corrected chi connectivity index (χ3v) is 1.32. The number of hydrogen-bond acceptors (Lipinski definition) is 4. The fraction of sp³-hybridized carbons (Fsp3) is 0. The minimum Gasteiger partial charge on any atom is -0.504 e. The van der Waals surface area contributed by atoms with Crippen LogP contribution >= 0.6 is 30.1 Å². The molecule has 1 rings (SSSR count). The Morgan fingerprint density at radius 2 is 1.38 bits per heavy atom. The van der Waals surface area contributed by atoms with Crippen molar-refractivity contribution in [2.24, 2.45) is 0 Å². The topological polar surface area (TPSA) is 98.0 Å². The molecule has 5 nitrogen and oxygen atoms in total. The molecule has 0 aliphatic heterocycles. The highest BCUT2D eigenvalue weighted by Crippen LogP contribution is 2.35. The fourth-order valence-corrected chi connectivity index (χ4v) is 0.728. The number of aromatic carboxylic acids is 1. The van der Waals surface area contributed by atoms with Gasteiger partial charge in [0.15, 0.2) is 17.2 Å². The van der Waals surface area contributed by atoms with E-state index in [0.717, 1.165) is 12.1 Å². The molecule has 4 N–H and O–H groups in total. The Labute approximate surface area is 107 Å². The van der Waals surface area contributed by atoms with E-state index >= 15 is 0 Å². The number of rotatable bonds is 1. The van der Waals surface area contributed by atoms with Crippen LogP contribution in [0.3, 0.4) is 0 Å². The number of phenolic OH excluding ortho intramolecular Hbond substituents is 3. The van der Waals surface area contributed by atoms with Gasteiger partial charge in [-0.05, 0) is 12.1 Å². The molecule has 16 heavy (non-hydrogen) atoms. The van der Waals surface area contributed by atoms with E-state index in [4.69, 9.17) is 50.6 Å². The number of hydrogen-bond donors (Lipinski definition) is 4. The molecule has 0 aliphatic carbocycles. The van der Waals surface area contributed by atoms with Gasteiger partial charge in [0.2, 0.25) is 0 Å². The number of carboxylic acids is 1. The smallest absolute Gasteiger partial charge is 0.504 e. The van der Waals surface area contributed by atoms with Crippen molar-refractivity contribution in [3.05, 3.63) is 17.7 Å². The minimum atomic E-state index is -1.72. The third-order valence-electron chi connectivity index (χ3n) is 1.32. The van der Waals surface area contributed by atoms with Gasteiger partial charge in [0.05, 0.1) is 5.56 Å². The summed E-state index contributed by atoms with van der Waals surface area (Å²) in [5.41, 5.74) is -0.289. The Hall–Kier alpha value is -0.508. The molecule has 0 aliphatic rings. The van der Waals surface area contributed by atoms with Crippen molar-refractivity contribution in [3.63, 3.8) is 0 Å². The summed E-state index contributed by atoms with van der Waals surface area (Å²) in [7, 11) is 14.8. The van der Waals surface area contributed by atoms with Crippen LogP contribution in [0.25, 0.3) is 0 Å². The zero-order valence-corrected chi connectivity index (χ0v) is 11.0. The maximum absolute atomic E-state index is 10.3. The van der Waals surface area contributed by atoms with Crippen molar-refractivity contribution in [3.8, 4) is 17.2 Å². The van der Waals surface area contributed by atoms with Crippen LogP contribution in [0.15, 0.2) is 12.1 Å². The monoisotopic (exact) mass is 302 g/mol. The quantitative estimate of drug-likeness (QED) is 0.471. The summed E-state index contributed by atoms with van der Waals surface area (Å²) in [6.45, 7) is 0. The van der Waals surface area contributed by atoms with Crippen LogP contribution in [0.1, 0.15) is 10.4 Å². The van der Waals surface area contributed by atoms with Gasteiger partial charge in [0.1, 0.15) is 0 Å². The Bertz CT molecular complexity index is 359. The molecule has 0 atom stereocenters. The van der Waals surface area contributed by atoms with Crippen molar-refractivity contribution in [1.29, 1.82) is 0 Å². The number of benzene rings is 1. The Kier molecular flexibility index (Phi) is 6.72. The van der Waals surface area contributed by atoms with Gasteiger partial charge < -0.3 is 20.4 Å². The predicted molar refractivity (Wildman–Crippen MR) is 61.7 cm³/mol. The number of halogens is 3. The van der Waals surface area contributed by atoms with E-state index in [1.807, 2.05) is 0 Å². The zero-order chi connectivity index (χ0) is 12.9.